The Kier molecular flexibility index (Phi) is 16.6. The second-order valence-corrected chi connectivity index (χ2v) is 17.4. The van der Waals surface area contributed by atoms with Crippen molar-refractivity contribution in [3.05, 3.63) is 289 Å². The molecule has 0 aliphatic heterocycles. The molecule has 6 nitrogen and oxygen atoms in total. The Bertz CT molecular complexity index is 3270. The highest BCUT2D eigenvalue weighted by Crippen LogP contribution is 2.37. The molecule has 0 aliphatic rings. The summed E-state index contributed by atoms with van der Waals surface area (Å²) in [5, 5.41) is 0. The summed E-state index contributed by atoms with van der Waals surface area (Å²) in [6.45, 7) is 12.9. The highest BCUT2D eigenvalue weighted by atomic mass is 16.5. The van der Waals surface area contributed by atoms with Gasteiger partial charge in [0.2, 0.25) is 0 Å². The molecule has 0 N–H and O–H groups in total. The minimum absolute atomic E-state index is 0.375. The van der Waals surface area contributed by atoms with Gasteiger partial charge in [0.25, 0.3) is 0 Å². The van der Waals surface area contributed by atoms with Crippen LogP contribution in [0.4, 0.5) is 34.1 Å². The second kappa shape index (κ2) is 24.4. The summed E-state index contributed by atoms with van der Waals surface area (Å²) in [5.74, 6) is 0.115. The Balaban J connectivity index is 0.000000199. The van der Waals surface area contributed by atoms with Crippen molar-refractivity contribution in [2.24, 2.45) is 0 Å². The van der Waals surface area contributed by atoms with Gasteiger partial charge in [0.15, 0.2) is 0 Å². The van der Waals surface area contributed by atoms with Gasteiger partial charge in [-0.25, -0.2) is 9.59 Å². The lowest BCUT2D eigenvalue weighted by atomic mass is 10.0. The number of hydrogen-bond donors (Lipinski definition) is 0. The van der Waals surface area contributed by atoms with Crippen molar-refractivity contribution >= 4 is 70.4 Å². The van der Waals surface area contributed by atoms with E-state index < -0.39 is 11.9 Å². The summed E-state index contributed by atoms with van der Waals surface area (Å²) in [4.78, 5) is 27.5. The number of anilines is 6. The lowest BCUT2D eigenvalue weighted by molar-refractivity contribution is -0.130. The van der Waals surface area contributed by atoms with E-state index >= 15 is 0 Å². The number of para-hydroxylation sites is 2. The van der Waals surface area contributed by atoms with Crippen LogP contribution in [0.25, 0.3) is 35.4 Å². The normalized spacial score (nSPS) is 10.8. The summed E-state index contributed by atoms with van der Waals surface area (Å²) >= 11 is 0. The molecule has 9 aromatic carbocycles. The summed E-state index contributed by atoms with van der Waals surface area (Å²) < 4.78 is 10.4. The topological polar surface area (TPSA) is 59.1 Å². The maximum Gasteiger partial charge on any atom is 0.338 e. The van der Waals surface area contributed by atoms with E-state index in [0.29, 0.717) is 17.1 Å². The fourth-order valence-corrected chi connectivity index (χ4v) is 7.79. The summed E-state index contributed by atoms with van der Waals surface area (Å²) in [6.07, 6.45) is 9.36. The number of esters is 2. The van der Waals surface area contributed by atoms with Crippen molar-refractivity contribution in [3.63, 3.8) is 0 Å². The molecule has 6 heteroatoms. The van der Waals surface area contributed by atoms with Crippen LogP contribution in [-0.2, 0) is 9.59 Å². The number of ether oxygens (including phenoxy) is 2. The molecule has 0 fully saturated rings. The lowest BCUT2D eigenvalue weighted by Gasteiger charge is -2.26. The van der Waals surface area contributed by atoms with Crippen LogP contribution in [0, 0.1) is 13.8 Å². The van der Waals surface area contributed by atoms with Gasteiger partial charge in [-0.2, -0.15) is 0 Å². The third-order valence-electron chi connectivity index (χ3n) is 11.8. The van der Waals surface area contributed by atoms with Crippen LogP contribution >= 0.6 is 0 Å². The molecule has 0 bridgehead atoms. The Morgan fingerprint density at radius 2 is 0.671 bits per heavy atom. The molecule has 0 aliphatic carbocycles. The molecule has 0 saturated carbocycles. The quantitative estimate of drug-likeness (QED) is 0.0442. The number of benzene rings is 9. The van der Waals surface area contributed by atoms with E-state index in [4.69, 9.17) is 9.47 Å². The monoisotopic (exact) mass is 952 g/mol. The van der Waals surface area contributed by atoms with Crippen molar-refractivity contribution in [1.82, 2.24) is 0 Å². The predicted octanol–water partition coefficient (Wildman–Crippen LogP) is 17.5. The number of rotatable bonds is 15. The Morgan fingerprint density at radius 1 is 0.384 bits per heavy atom. The van der Waals surface area contributed by atoms with Gasteiger partial charge in [-0.1, -0.05) is 182 Å². The van der Waals surface area contributed by atoms with Gasteiger partial charge in [0.1, 0.15) is 11.5 Å². The van der Waals surface area contributed by atoms with Gasteiger partial charge in [0.05, 0.1) is 0 Å². The van der Waals surface area contributed by atoms with E-state index in [1.807, 2.05) is 72.8 Å². The molecule has 73 heavy (non-hydrogen) atoms. The van der Waals surface area contributed by atoms with Crippen molar-refractivity contribution in [1.29, 1.82) is 0 Å². The van der Waals surface area contributed by atoms with E-state index in [0.717, 1.165) is 62.5 Å². The maximum atomic E-state index is 11.6. The van der Waals surface area contributed by atoms with Gasteiger partial charge in [-0.15, -0.1) is 0 Å². The third-order valence-corrected chi connectivity index (χ3v) is 11.8. The summed E-state index contributed by atoms with van der Waals surface area (Å²) in [6, 6.07) is 78.4. The number of carbonyl (C=O) groups excluding carboxylic acids is 2. The maximum absolute atomic E-state index is 11.6. The number of hydrogen-bond acceptors (Lipinski definition) is 6. The minimum Gasteiger partial charge on any atom is -0.423 e. The first kappa shape index (κ1) is 49.9. The van der Waals surface area contributed by atoms with Gasteiger partial charge < -0.3 is 19.3 Å². The molecule has 0 aromatic heterocycles. The van der Waals surface area contributed by atoms with Gasteiger partial charge in [0, 0.05) is 45.8 Å². The molecular weight excluding hydrogens is 897 g/mol. The van der Waals surface area contributed by atoms with Crippen molar-refractivity contribution in [2.75, 3.05) is 9.80 Å². The molecule has 358 valence electrons. The number of aryl methyl sites for hydroxylation is 2. The number of nitrogens with zero attached hydrogens (tertiary/aromatic N) is 2. The smallest absolute Gasteiger partial charge is 0.338 e. The first-order chi connectivity index (χ1) is 35.6. The molecule has 0 saturated heterocycles. The fraction of sp³-hybridized carbons (Fsp3) is 0.0448. The van der Waals surface area contributed by atoms with Gasteiger partial charge >= 0.3 is 11.9 Å². The summed E-state index contributed by atoms with van der Waals surface area (Å²) in [5.41, 5.74) is 16.1. The lowest BCUT2D eigenvalue weighted by Crippen LogP contribution is -2.09. The third kappa shape index (κ3) is 13.8. The standard InChI is InChI=1S/C37H31NO2.C30H25NO2/c1-4-37(39)40-36-25-13-30(14-26-36)10-9-29-11-21-34(22-12-29)38(33-19-7-28(3)8-20-33)35-23-17-32(18-24-35)31-15-5-27(2)6-16-31;1-23(2)30(32)33-29-21-17-25(18-22-29)14-13-24-15-19-28(20-16-24)31(26-9-5-3-6-10-26)27-11-7-4-8-12-27/h4-26H,1H2,2-3H3;3-22H,1H2,2H3. The van der Waals surface area contributed by atoms with Crippen LogP contribution in [0.15, 0.2) is 255 Å². The highest BCUT2D eigenvalue weighted by Gasteiger charge is 2.14. The van der Waals surface area contributed by atoms with Crippen LogP contribution < -0.4 is 19.3 Å². The van der Waals surface area contributed by atoms with E-state index in [2.05, 4.69) is 195 Å². The van der Waals surface area contributed by atoms with Crippen LogP contribution in [0.1, 0.15) is 40.3 Å². The molecule has 0 spiro atoms. The SMILES string of the molecule is C=C(C)C(=O)Oc1ccc(C=Cc2ccc(N(c3ccccc3)c3ccccc3)cc2)cc1.C=CC(=O)Oc1ccc(C=Cc2ccc(N(c3ccc(C)cc3)c3ccc(-c4ccc(C)cc4)cc3)cc2)cc1. The number of carbonyl (C=O) groups is 2. The first-order valence-corrected chi connectivity index (χ1v) is 24.0. The van der Waals surface area contributed by atoms with Crippen molar-refractivity contribution < 1.29 is 19.1 Å². The molecule has 9 rings (SSSR count). The van der Waals surface area contributed by atoms with Gasteiger partial charge in [-0.05, 0) is 151 Å². The van der Waals surface area contributed by atoms with Crippen LogP contribution in [0.5, 0.6) is 11.5 Å². The van der Waals surface area contributed by atoms with Crippen LogP contribution in [-0.4, -0.2) is 11.9 Å². The molecular formula is C67H56N2O4. The first-order valence-electron chi connectivity index (χ1n) is 24.0. The van der Waals surface area contributed by atoms with E-state index in [1.54, 1.807) is 31.2 Å². The average molecular weight is 953 g/mol. The molecule has 0 unspecified atom stereocenters. The van der Waals surface area contributed by atoms with E-state index in [-0.39, 0.29) is 0 Å². The predicted molar refractivity (Wildman–Crippen MR) is 304 cm³/mol. The highest BCUT2D eigenvalue weighted by molar-refractivity contribution is 5.89. The fourth-order valence-electron chi connectivity index (χ4n) is 7.79. The largest absolute Gasteiger partial charge is 0.423 e. The molecule has 9 aromatic rings. The molecule has 0 atom stereocenters. The minimum atomic E-state index is -0.467. The Labute approximate surface area is 429 Å². The molecule has 0 heterocycles. The molecule has 0 radical (unpaired) electrons. The van der Waals surface area contributed by atoms with Crippen molar-refractivity contribution in [2.45, 2.75) is 20.8 Å². The second-order valence-electron chi connectivity index (χ2n) is 17.4. The van der Waals surface area contributed by atoms with Gasteiger partial charge in [-0.3, -0.25) is 0 Å². The van der Waals surface area contributed by atoms with Crippen molar-refractivity contribution in [3.8, 4) is 22.6 Å². The Morgan fingerprint density at radius 3 is 1.03 bits per heavy atom. The summed E-state index contributed by atoms with van der Waals surface area (Å²) in [7, 11) is 0. The molecule has 0 amide bonds. The zero-order chi connectivity index (χ0) is 50.9. The van der Waals surface area contributed by atoms with Crippen LogP contribution in [0.2, 0.25) is 0 Å². The van der Waals surface area contributed by atoms with E-state index in [1.165, 1.54) is 22.3 Å². The van der Waals surface area contributed by atoms with Crippen LogP contribution in [0.3, 0.4) is 0 Å². The Hall–Kier alpha value is -9.52. The zero-order valence-electron chi connectivity index (χ0n) is 41.3. The zero-order valence-corrected chi connectivity index (χ0v) is 41.3. The van der Waals surface area contributed by atoms with E-state index in [9.17, 15) is 9.59 Å². The average Bonchev–Trinajstić information content (AvgIpc) is 3.43.